The first-order chi connectivity index (χ1) is 23.2. The fourth-order valence-electron chi connectivity index (χ4n) is 6.54. The molecule has 13 heteroatoms. The maximum absolute atomic E-state index is 14.3. The van der Waals surface area contributed by atoms with E-state index in [9.17, 15) is 18.8 Å². The van der Waals surface area contributed by atoms with E-state index in [1.165, 1.54) is 43.4 Å². The molecular weight excluding hydrogens is 617 g/mol. The Kier molecular flexibility index (Phi) is 9.49. The van der Waals surface area contributed by atoms with Gasteiger partial charge in [-0.2, -0.15) is 0 Å². The molecule has 3 heterocycles. The Morgan fingerprint density at radius 2 is 1.71 bits per heavy atom. The number of carbonyl (C=O) groups is 2. The second-order valence-electron chi connectivity index (χ2n) is 12.0. The number of ether oxygens (including phenoxy) is 2. The molecular formula is C35H40FN7O5. The van der Waals surface area contributed by atoms with Crippen molar-refractivity contribution in [3.63, 3.8) is 0 Å². The van der Waals surface area contributed by atoms with Crippen molar-refractivity contribution in [2.75, 3.05) is 69.2 Å². The van der Waals surface area contributed by atoms with Crippen molar-refractivity contribution in [2.45, 2.75) is 31.8 Å². The Bertz CT molecular complexity index is 1860. The van der Waals surface area contributed by atoms with Crippen LogP contribution in [0.25, 0.3) is 10.9 Å². The number of hydrogen-bond donors (Lipinski definition) is 1. The predicted octanol–water partition coefficient (Wildman–Crippen LogP) is 4.23. The van der Waals surface area contributed by atoms with Gasteiger partial charge >= 0.3 is 6.03 Å². The summed E-state index contributed by atoms with van der Waals surface area (Å²) in [6, 6.07) is 16.1. The van der Waals surface area contributed by atoms with Crippen LogP contribution in [0.3, 0.4) is 0 Å². The number of aromatic nitrogens is 2. The number of methoxy groups -OCH3 is 2. The fourth-order valence-corrected chi connectivity index (χ4v) is 6.54. The summed E-state index contributed by atoms with van der Waals surface area (Å²) >= 11 is 0. The molecule has 2 aliphatic heterocycles. The Balaban J connectivity index is 1.41. The number of para-hydroxylation sites is 1. The Morgan fingerprint density at radius 1 is 0.979 bits per heavy atom. The topological polar surface area (TPSA) is 112 Å². The van der Waals surface area contributed by atoms with Crippen LogP contribution in [0, 0.1) is 5.82 Å². The van der Waals surface area contributed by atoms with E-state index in [4.69, 9.17) is 14.5 Å². The van der Waals surface area contributed by atoms with Crippen LogP contribution in [0.5, 0.6) is 11.5 Å². The molecule has 1 aromatic heterocycles. The molecule has 0 aliphatic carbocycles. The van der Waals surface area contributed by atoms with E-state index in [2.05, 4.69) is 10.2 Å². The van der Waals surface area contributed by atoms with Crippen molar-refractivity contribution in [3.8, 4) is 11.5 Å². The van der Waals surface area contributed by atoms with Gasteiger partial charge in [0.05, 0.1) is 56.0 Å². The van der Waals surface area contributed by atoms with Crippen molar-refractivity contribution in [1.82, 2.24) is 19.5 Å². The molecule has 2 saturated heterocycles. The van der Waals surface area contributed by atoms with Crippen LogP contribution in [-0.4, -0.2) is 91.4 Å². The number of urea groups is 1. The van der Waals surface area contributed by atoms with Gasteiger partial charge in [-0.05, 0) is 81.9 Å². The van der Waals surface area contributed by atoms with Crippen molar-refractivity contribution >= 4 is 34.2 Å². The molecule has 4 aromatic rings. The number of amides is 3. The van der Waals surface area contributed by atoms with Gasteiger partial charge in [0, 0.05) is 24.8 Å². The number of fused-ring (bicyclic) bond motifs is 1. The van der Waals surface area contributed by atoms with Gasteiger partial charge in [-0.25, -0.2) is 18.8 Å². The van der Waals surface area contributed by atoms with E-state index >= 15 is 0 Å². The Morgan fingerprint density at radius 3 is 2.38 bits per heavy atom. The minimum atomic E-state index is -0.822. The number of rotatable bonds is 8. The van der Waals surface area contributed by atoms with E-state index in [0.717, 1.165) is 19.4 Å². The number of carbonyl (C=O) groups excluding carboxylic acids is 2. The number of hydrogen-bond acceptors (Lipinski definition) is 8. The molecule has 0 bridgehead atoms. The van der Waals surface area contributed by atoms with E-state index in [-0.39, 0.29) is 17.5 Å². The zero-order valence-electron chi connectivity index (χ0n) is 27.6. The third kappa shape index (κ3) is 6.37. The lowest BCUT2D eigenvalue weighted by molar-refractivity contribution is -0.136. The summed E-state index contributed by atoms with van der Waals surface area (Å²) in [5.41, 5.74) is 0.983. The van der Waals surface area contributed by atoms with E-state index in [0.29, 0.717) is 65.8 Å². The van der Waals surface area contributed by atoms with E-state index in [1.54, 1.807) is 48.0 Å². The standard InChI is InChI=1S/C35H40FN7O5/c1-23(42(29-16-15-26(47-3)22-31(29)48-4)35(46)37-25-13-11-24(36)12-14-25)32-38-28-9-6-5-8-27(28)33(44)43(32)41-20-18-40(19-21-41)34(45)30-10-7-17-39(30)2/h5-6,8-9,11-16,22-23,30H,7,10,17-21H2,1-4H3,(H,37,46)/t23?,30-/m0/s1. The lowest BCUT2D eigenvalue weighted by atomic mass is 10.1. The van der Waals surface area contributed by atoms with Crippen molar-refractivity contribution < 1.29 is 23.5 Å². The third-order valence-electron chi connectivity index (χ3n) is 9.16. The molecule has 0 radical (unpaired) electrons. The minimum Gasteiger partial charge on any atom is -0.497 e. The normalized spacial score (nSPS) is 17.3. The quantitative estimate of drug-likeness (QED) is 0.300. The summed E-state index contributed by atoms with van der Waals surface area (Å²) in [6.07, 6.45) is 1.84. The summed E-state index contributed by atoms with van der Waals surface area (Å²) < 4.78 is 26.3. The van der Waals surface area contributed by atoms with Crippen molar-refractivity contribution in [3.05, 3.63) is 88.7 Å². The highest BCUT2D eigenvalue weighted by atomic mass is 19.1. The van der Waals surface area contributed by atoms with Crippen LogP contribution >= 0.6 is 0 Å². The Labute approximate surface area is 278 Å². The van der Waals surface area contributed by atoms with Gasteiger partial charge in [0.15, 0.2) is 5.82 Å². The summed E-state index contributed by atoms with van der Waals surface area (Å²) in [7, 11) is 5.01. The van der Waals surface area contributed by atoms with Gasteiger partial charge in [-0.3, -0.25) is 19.4 Å². The van der Waals surface area contributed by atoms with Gasteiger partial charge in [0.2, 0.25) is 5.91 Å². The molecule has 2 fully saturated rings. The molecule has 1 unspecified atom stereocenters. The predicted molar refractivity (Wildman–Crippen MR) is 182 cm³/mol. The fraction of sp³-hybridized carbons (Fsp3) is 0.371. The number of piperazine rings is 1. The number of benzene rings is 3. The van der Waals surface area contributed by atoms with E-state index < -0.39 is 17.9 Å². The molecule has 1 N–H and O–H groups in total. The van der Waals surface area contributed by atoms with Crippen LogP contribution in [0.4, 0.5) is 20.6 Å². The molecule has 48 heavy (non-hydrogen) atoms. The smallest absolute Gasteiger partial charge is 0.327 e. The van der Waals surface area contributed by atoms with Crippen LogP contribution < -0.4 is 30.3 Å². The Hall–Kier alpha value is -5.17. The lowest BCUT2D eigenvalue weighted by Crippen LogP contribution is -2.58. The van der Waals surface area contributed by atoms with Gasteiger partial charge in [-0.15, -0.1) is 0 Å². The van der Waals surface area contributed by atoms with Gasteiger partial charge in [0.1, 0.15) is 17.3 Å². The monoisotopic (exact) mass is 657 g/mol. The molecule has 2 atom stereocenters. The summed E-state index contributed by atoms with van der Waals surface area (Å²) in [5, 5.41) is 5.19. The summed E-state index contributed by atoms with van der Waals surface area (Å²) in [5.74, 6) is 0.883. The van der Waals surface area contributed by atoms with Gasteiger partial charge in [0.25, 0.3) is 5.56 Å². The molecule has 3 amide bonds. The SMILES string of the molecule is COc1ccc(N(C(=O)Nc2ccc(F)cc2)C(C)c2nc3ccccc3c(=O)n2N2CCN(C(=O)[C@@H]3CCCN3C)CC2)c(OC)c1. The van der Waals surface area contributed by atoms with Crippen LogP contribution in [0.15, 0.2) is 71.5 Å². The number of likely N-dealkylation sites (N-methyl/N-ethyl adjacent to an activating group) is 1. The van der Waals surface area contributed by atoms with Crippen LogP contribution in [0.1, 0.15) is 31.6 Å². The van der Waals surface area contributed by atoms with Gasteiger partial charge in [-0.1, -0.05) is 12.1 Å². The maximum atomic E-state index is 14.3. The third-order valence-corrected chi connectivity index (χ3v) is 9.16. The minimum absolute atomic E-state index is 0.113. The van der Waals surface area contributed by atoms with Crippen LogP contribution in [-0.2, 0) is 4.79 Å². The zero-order valence-corrected chi connectivity index (χ0v) is 27.6. The van der Waals surface area contributed by atoms with Crippen LogP contribution in [0.2, 0.25) is 0 Å². The molecule has 0 spiro atoms. The zero-order chi connectivity index (χ0) is 33.9. The number of anilines is 2. The molecule has 3 aromatic carbocycles. The van der Waals surface area contributed by atoms with Crippen molar-refractivity contribution in [2.24, 2.45) is 0 Å². The number of halogens is 1. The maximum Gasteiger partial charge on any atom is 0.327 e. The van der Waals surface area contributed by atoms with E-state index in [1.807, 2.05) is 23.0 Å². The average molecular weight is 658 g/mol. The largest absolute Gasteiger partial charge is 0.497 e. The highest BCUT2D eigenvalue weighted by Crippen LogP contribution is 2.37. The molecule has 6 rings (SSSR count). The first-order valence-electron chi connectivity index (χ1n) is 16.0. The second-order valence-corrected chi connectivity index (χ2v) is 12.0. The first kappa shape index (κ1) is 32.8. The molecule has 0 saturated carbocycles. The number of likely N-dealkylation sites (tertiary alicyclic amines) is 1. The molecule has 252 valence electrons. The first-order valence-corrected chi connectivity index (χ1v) is 16.0. The molecule has 2 aliphatic rings. The highest BCUT2D eigenvalue weighted by Gasteiger charge is 2.35. The average Bonchev–Trinajstić information content (AvgIpc) is 3.54. The lowest BCUT2D eigenvalue weighted by Gasteiger charge is -2.40. The number of nitrogens with one attached hydrogen (secondary N) is 1. The summed E-state index contributed by atoms with van der Waals surface area (Å²) in [6.45, 7) is 4.37. The highest BCUT2D eigenvalue weighted by molar-refractivity contribution is 6.03. The second kappa shape index (κ2) is 13.9. The number of nitrogens with zero attached hydrogens (tertiary/aromatic N) is 6. The molecule has 12 nitrogen and oxygen atoms in total. The van der Waals surface area contributed by atoms with Gasteiger partial charge < -0.3 is 24.7 Å². The summed E-state index contributed by atoms with van der Waals surface area (Å²) in [4.78, 5) is 52.2. The van der Waals surface area contributed by atoms with Crippen molar-refractivity contribution in [1.29, 1.82) is 0 Å².